The van der Waals surface area contributed by atoms with Gasteiger partial charge in [-0.3, -0.25) is 10.1 Å². The van der Waals surface area contributed by atoms with Gasteiger partial charge in [-0.2, -0.15) is 0 Å². The van der Waals surface area contributed by atoms with E-state index >= 15 is 0 Å². The van der Waals surface area contributed by atoms with Crippen LogP contribution in [-0.2, 0) is 11.3 Å². The second-order valence-corrected chi connectivity index (χ2v) is 4.95. The summed E-state index contributed by atoms with van der Waals surface area (Å²) in [6, 6.07) is 0.824. The Balaban J connectivity index is 0.00000220. The molecule has 1 saturated heterocycles. The van der Waals surface area contributed by atoms with Crippen molar-refractivity contribution in [1.82, 2.24) is 20.6 Å². The van der Waals surface area contributed by atoms with Gasteiger partial charge in [-0.25, -0.2) is 18.7 Å². The molecule has 1 unspecified atom stereocenters. The van der Waals surface area contributed by atoms with Gasteiger partial charge in [0.2, 0.25) is 11.9 Å². The maximum atomic E-state index is 13.0. The van der Waals surface area contributed by atoms with Gasteiger partial charge in [0.05, 0.1) is 24.8 Å². The first-order valence-electron chi connectivity index (χ1n) is 6.25. The van der Waals surface area contributed by atoms with Crippen LogP contribution in [0.5, 0.6) is 0 Å². The minimum absolute atomic E-state index is 0. The molecule has 0 saturated carbocycles. The molecule has 1 fully saturated rings. The number of rotatable bonds is 4. The van der Waals surface area contributed by atoms with Gasteiger partial charge in [-0.15, -0.1) is 12.4 Å². The Kier molecular flexibility index (Phi) is 5.79. The predicted octanol–water partition coefficient (Wildman–Crippen LogP) is 0.578. The molecule has 1 aromatic rings. The topological polar surface area (TPSA) is 70.2 Å². The Morgan fingerprint density at radius 1 is 1.57 bits per heavy atom. The van der Waals surface area contributed by atoms with Gasteiger partial charge in [0.15, 0.2) is 0 Å². The number of anilines is 1. The molecule has 2 rings (SSSR count). The number of carbonyl (C=O) groups excluding carboxylic acids is 1. The SMILES string of the molecule is CN(C)c1nccc(CNC(=O)C2CC(F)(F)CN2)n1.Cl. The molecule has 118 valence electrons. The lowest BCUT2D eigenvalue weighted by atomic mass is 10.2. The standard InChI is InChI=1S/C12H17F2N5O.ClH/c1-19(2)11-15-4-3-8(18-11)6-16-10(20)9-5-12(13,14)7-17-9;/h3-4,9,17H,5-7H2,1-2H3,(H,16,20);1H. The third-order valence-electron chi connectivity index (χ3n) is 2.97. The summed E-state index contributed by atoms with van der Waals surface area (Å²) in [5.74, 6) is -2.72. The highest BCUT2D eigenvalue weighted by atomic mass is 35.5. The number of alkyl halides is 2. The van der Waals surface area contributed by atoms with Gasteiger partial charge in [0, 0.05) is 26.7 Å². The highest BCUT2D eigenvalue weighted by molar-refractivity contribution is 5.85. The predicted molar refractivity (Wildman–Crippen MR) is 76.8 cm³/mol. The fourth-order valence-electron chi connectivity index (χ4n) is 1.90. The molecule has 9 heteroatoms. The van der Waals surface area contributed by atoms with E-state index in [-0.39, 0.29) is 19.0 Å². The summed E-state index contributed by atoms with van der Waals surface area (Å²) in [7, 11) is 3.62. The molecule has 0 aliphatic carbocycles. The number of carbonyl (C=O) groups is 1. The number of hydrogen-bond donors (Lipinski definition) is 2. The van der Waals surface area contributed by atoms with Crippen LogP contribution in [0.4, 0.5) is 14.7 Å². The fraction of sp³-hybridized carbons (Fsp3) is 0.583. The van der Waals surface area contributed by atoms with Crippen LogP contribution < -0.4 is 15.5 Å². The fourth-order valence-corrected chi connectivity index (χ4v) is 1.90. The average Bonchev–Trinajstić information content (AvgIpc) is 2.77. The summed E-state index contributed by atoms with van der Waals surface area (Å²) >= 11 is 0. The quantitative estimate of drug-likeness (QED) is 0.849. The molecule has 1 atom stereocenters. The first-order chi connectivity index (χ1) is 9.37. The number of hydrogen-bond acceptors (Lipinski definition) is 5. The normalized spacial score (nSPS) is 19.7. The number of aromatic nitrogens is 2. The van der Waals surface area contributed by atoms with Crippen molar-refractivity contribution in [2.75, 3.05) is 25.5 Å². The monoisotopic (exact) mass is 321 g/mol. The van der Waals surface area contributed by atoms with Crippen molar-refractivity contribution in [2.45, 2.75) is 24.9 Å². The van der Waals surface area contributed by atoms with Gasteiger partial charge in [-0.05, 0) is 6.07 Å². The average molecular weight is 322 g/mol. The zero-order valence-electron chi connectivity index (χ0n) is 11.8. The molecule has 1 aliphatic rings. The molecule has 1 aliphatic heterocycles. The van der Waals surface area contributed by atoms with E-state index in [0.29, 0.717) is 11.6 Å². The maximum Gasteiger partial charge on any atom is 0.262 e. The number of amides is 1. The molecule has 0 aromatic carbocycles. The number of nitrogens with zero attached hydrogens (tertiary/aromatic N) is 3. The van der Waals surface area contributed by atoms with E-state index in [0.717, 1.165) is 0 Å². The smallest absolute Gasteiger partial charge is 0.262 e. The molecule has 1 aromatic heterocycles. The molecule has 0 spiro atoms. The third kappa shape index (κ3) is 4.75. The van der Waals surface area contributed by atoms with Crippen LogP contribution in [0.3, 0.4) is 0 Å². The van der Waals surface area contributed by atoms with Crippen LogP contribution >= 0.6 is 12.4 Å². The van der Waals surface area contributed by atoms with Crippen LogP contribution in [0.1, 0.15) is 12.1 Å². The van der Waals surface area contributed by atoms with Crippen molar-refractivity contribution in [1.29, 1.82) is 0 Å². The number of halogens is 3. The molecule has 21 heavy (non-hydrogen) atoms. The van der Waals surface area contributed by atoms with Crippen molar-refractivity contribution in [3.05, 3.63) is 18.0 Å². The maximum absolute atomic E-state index is 13.0. The first kappa shape index (κ1) is 17.5. The lowest BCUT2D eigenvalue weighted by Crippen LogP contribution is -2.40. The highest BCUT2D eigenvalue weighted by Crippen LogP contribution is 2.25. The van der Waals surface area contributed by atoms with E-state index in [9.17, 15) is 13.6 Å². The van der Waals surface area contributed by atoms with E-state index in [4.69, 9.17) is 0 Å². The summed E-state index contributed by atoms with van der Waals surface area (Å²) in [6.07, 6.45) is 1.12. The van der Waals surface area contributed by atoms with E-state index in [1.54, 1.807) is 17.2 Å². The Morgan fingerprint density at radius 3 is 2.86 bits per heavy atom. The van der Waals surface area contributed by atoms with Gasteiger partial charge >= 0.3 is 0 Å². The highest BCUT2D eigenvalue weighted by Gasteiger charge is 2.42. The van der Waals surface area contributed by atoms with E-state index < -0.39 is 30.8 Å². The zero-order chi connectivity index (χ0) is 14.8. The van der Waals surface area contributed by atoms with Gasteiger partial charge in [0.1, 0.15) is 0 Å². The number of nitrogens with one attached hydrogen (secondary N) is 2. The van der Waals surface area contributed by atoms with E-state index in [1.807, 2.05) is 14.1 Å². The minimum Gasteiger partial charge on any atom is -0.349 e. The van der Waals surface area contributed by atoms with Crippen LogP contribution in [0, 0.1) is 0 Å². The van der Waals surface area contributed by atoms with Crippen molar-refractivity contribution in [2.24, 2.45) is 0 Å². The Labute approximate surface area is 127 Å². The van der Waals surface area contributed by atoms with Gasteiger partial charge < -0.3 is 10.2 Å². The van der Waals surface area contributed by atoms with Crippen LogP contribution in [0.2, 0.25) is 0 Å². The Hall–Kier alpha value is -1.54. The lowest BCUT2D eigenvalue weighted by molar-refractivity contribution is -0.123. The van der Waals surface area contributed by atoms with Crippen LogP contribution in [0.15, 0.2) is 12.3 Å². The molecule has 2 N–H and O–H groups in total. The van der Waals surface area contributed by atoms with Crippen LogP contribution in [-0.4, -0.2) is 48.5 Å². The second kappa shape index (κ2) is 6.95. The second-order valence-electron chi connectivity index (χ2n) is 4.95. The van der Waals surface area contributed by atoms with Gasteiger partial charge in [0.25, 0.3) is 5.92 Å². The first-order valence-corrected chi connectivity index (χ1v) is 6.25. The van der Waals surface area contributed by atoms with E-state index in [1.165, 1.54) is 0 Å². The molecule has 0 radical (unpaired) electrons. The third-order valence-corrected chi connectivity index (χ3v) is 2.97. The van der Waals surface area contributed by atoms with Crippen molar-refractivity contribution < 1.29 is 13.6 Å². The summed E-state index contributed by atoms with van der Waals surface area (Å²) in [6.45, 7) is -0.269. The van der Waals surface area contributed by atoms with Crippen molar-refractivity contribution in [3.8, 4) is 0 Å². The molecule has 0 bridgehead atoms. The summed E-state index contributed by atoms with van der Waals surface area (Å²) in [5, 5.41) is 5.11. The van der Waals surface area contributed by atoms with Gasteiger partial charge in [-0.1, -0.05) is 0 Å². The molecule has 1 amide bonds. The molecule has 2 heterocycles. The summed E-state index contributed by atoms with van der Waals surface area (Å²) in [5.41, 5.74) is 0.627. The Bertz CT molecular complexity index is 500. The van der Waals surface area contributed by atoms with Crippen molar-refractivity contribution >= 4 is 24.3 Å². The lowest BCUT2D eigenvalue weighted by Gasteiger charge is -2.13. The van der Waals surface area contributed by atoms with Crippen molar-refractivity contribution in [3.63, 3.8) is 0 Å². The zero-order valence-corrected chi connectivity index (χ0v) is 12.6. The largest absolute Gasteiger partial charge is 0.349 e. The summed E-state index contributed by atoms with van der Waals surface area (Å²) in [4.78, 5) is 21.8. The minimum atomic E-state index is -2.81. The van der Waals surface area contributed by atoms with E-state index in [2.05, 4.69) is 20.6 Å². The van der Waals surface area contributed by atoms with Crippen LogP contribution in [0.25, 0.3) is 0 Å². The Morgan fingerprint density at radius 2 is 2.29 bits per heavy atom. The molecule has 6 nitrogen and oxygen atoms in total. The summed E-state index contributed by atoms with van der Waals surface area (Å²) < 4.78 is 26.0. The molecular weight excluding hydrogens is 304 g/mol. The molecular formula is C12H18ClF2N5O.